The lowest BCUT2D eigenvalue weighted by atomic mass is 10.1. The number of nitrogens with zero attached hydrogens (tertiary/aromatic N) is 1. The molecule has 0 aliphatic heterocycles. The number of carbonyl (C=O) groups excluding carboxylic acids is 3. The molecule has 0 atom stereocenters. The van der Waals surface area contributed by atoms with Crippen LogP contribution in [0.1, 0.15) is 27.1 Å². The number of rotatable bonds is 9. The second kappa shape index (κ2) is 11.5. The number of nitrogens with one attached hydrogen (secondary N) is 2. The maximum absolute atomic E-state index is 12.5. The first-order valence-electron chi connectivity index (χ1n) is 9.18. The molecular weight excluding hydrogens is 429 g/mol. The van der Waals surface area contributed by atoms with Crippen LogP contribution in [0.2, 0.25) is 10.0 Å². The molecule has 0 spiro atoms. The average Bonchev–Trinajstić information content (AvgIpc) is 2.70. The minimum absolute atomic E-state index is 0.0557. The van der Waals surface area contributed by atoms with Crippen LogP contribution in [-0.4, -0.2) is 56.5 Å². The highest BCUT2D eigenvalue weighted by molar-refractivity contribution is 6.35. The topological polar surface area (TPSA) is 87.7 Å². The number of anilines is 1. The zero-order chi connectivity index (χ0) is 22.1. The first-order chi connectivity index (χ1) is 14.3. The Kier molecular flexibility index (Phi) is 9.11. The van der Waals surface area contributed by atoms with Crippen LogP contribution in [-0.2, 0) is 9.53 Å². The highest BCUT2D eigenvalue weighted by atomic mass is 35.5. The number of halogens is 2. The van der Waals surface area contributed by atoms with Gasteiger partial charge in [-0.25, -0.2) is 0 Å². The van der Waals surface area contributed by atoms with Gasteiger partial charge in [-0.05, 0) is 48.9 Å². The monoisotopic (exact) mass is 451 g/mol. The number of carbonyl (C=O) groups is 3. The molecule has 30 heavy (non-hydrogen) atoms. The third kappa shape index (κ3) is 7.33. The van der Waals surface area contributed by atoms with Gasteiger partial charge in [0.15, 0.2) is 0 Å². The number of methoxy groups -OCH3 is 1. The molecule has 160 valence electrons. The maximum Gasteiger partial charge on any atom is 0.255 e. The summed E-state index contributed by atoms with van der Waals surface area (Å²) in [7, 11) is 3.15. The van der Waals surface area contributed by atoms with Crippen LogP contribution in [0.5, 0.6) is 0 Å². The molecule has 0 saturated heterocycles. The molecule has 0 aromatic heterocycles. The van der Waals surface area contributed by atoms with Gasteiger partial charge in [0.05, 0.1) is 6.54 Å². The number of amides is 3. The van der Waals surface area contributed by atoms with E-state index in [1.807, 2.05) is 0 Å². The van der Waals surface area contributed by atoms with Crippen LogP contribution >= 0.6 is 23.2 Å². The van der Waals surface area contributed by atoms with E-state index in [1.165, 1.54) is 23.1 Å². The van der Waals surface area contributed by atoms with Crippen molar-refractivity contribution in [2.24, 2.45) is 0 Å². The van der Waals surface area contributed by atoms with E-state index < -0.39 is 0 Å². The molecule has 0 aliphatic rings. The van der Waals surface area contributed by atoms with Gasteiger partial charge in [0.25, 0.3) is 11.8 Å². The van der Waals surface area contributed by atoms with Crippen LogP contribution in [0.3, 0.4) is 0 Å². The van der Waals surface area contributed by atoms with Crippen LogP contribution in [0.4, 0.5) is 5.69 Å². The van der Waals surface area contributed by atoms with E-state index in [-0.39, 0.29) is 24.3 Å². The third-order valence-corrected chi connectivity index (χ3v) is 4.53. The molecule has 0 heterocycles. The lowest BCUT2D eigenvalue weighted by molar-refractivity contribution is -0.121. The fourth-order valence-corrected chi connectivity index (χ4v) is 3.12. The Balaban J connectivity index is 1.91. The lowest BCUT2D eigenvalue weighted by Crippen LogP contribution is -2.38. The average molecular weight is 452 g/mol. The maximum atomic E-state index is 12.5. The van der Waals surface area contributed by atoms with Gasteiger partial charge in [0.1, 0.15) is 0 Å². The summed E-state index contributed by atoms with van der Waals surface area (Å²) in [5.74, 6) is -0.923. The quantitative estimate of drug-likeness (QED) is 0.571. The molecule has 9 heteroatoms. The lowest BCUT2D eigenvalue weighted by Gasteiger charge is -2.17. The van der Waals surface area contributed by atoms with E-state index in [2.05, 4.69) is 10.6 Å². The van der Waals surface area contributed by atoms with E-state index in [0.717, 1.165) is 0 Å². The smallest absolute Gasteiger partial charge is 0.255 e. The van der Waals surface area contributed by atoms with Crippen molar-refractivity contribution in [1.29, 1.82) is 0 Å². The zero-order valence-electron chi connectivity index (χ0n) is 16.7. The van der Waals surface area contributed by atoms with Crippen molar-refractivity contribution >= 4 is 46.6 Å². The Bertz CT molecular complexity index is 883. The zero-order valence-corrected chi connectivity index (χ0v) is 18.2. The van der Waals surface area contributed by atoms with Crippen molar-refractivity contribution in [3.63, 3.8) is 0 Å². The Labute approximate surface area is 185 Å². The van der Waals surface area contributed by atoms with Gasteiger partial charge >= 0.3 is 0 Å². The van der Waals surface area contributed by atoms with Gasteiger partial charge in [0, 0.05) is 54.2 Å². The normalized spacial score (nSPS) is 10.4. The van der Waals surface area contributed by atoms with Gasteiger partial charge in [-0.2, -0.15) is 0 Å². The molecule has 0 bridgehead atoms. The van der Waals surface area contributed by atoms with Gasteiger partial charge in [-0.3, -0.25) is 14.4 Å². The van der Waals surface area contributed by atoms with Gasteiger partial charge in [-0.15, -0.1) is 0 Å². The first-order valence-corrected chi connectivity index (χ1v) is 9.94. The summed E-state index contributed by atoms with van der Waals surface area (Å²) >= 11 is 11.8. The van der Waals surface area contributed by atoms with Crippen molar-refractivity contribution in [1.82, 2.24) is 10.2 Å². The molecule has 7 nitrogen and oxygen atoms in total. The van der Waals surface area contributed by atoms with Gasteiger partial charge in [0.2, 0.25) is 5.91 Å². The first kappa shape index (κ1) is 23.7. The SMILES string of the molecule is COCCCNC(=O)CN(C)C(=O)c1ccc(NC(=O)c2cc(Cl)cc(Cl)c2)cc1. The number of hydrogen-bond acceptors (Lipinski definition) is 4. The molecule has 2 N–H and O–H groups in total. The van der Waals surface area contributed by atoms with E-state index in [0.29, 0.717) is 46.4 Å². The highest BCUT2D eigenvalue weighted by Crippen LogP contribution is 2.20. The minimum Gasteiger partial charge on any atom is -0.385 e. The molecule has 0 aliphatic carbocycles. The summed E-state index contributed by atoms with van der Waals surface area (Å²) in [6.07, 6.45) is 0.703. The summed E-state index contributed by atoms with van der Waals surface area (Å²) < 4.78 is 4.92. The summed E-state index contributed by atoms with van der Waals surface area (Å²) in [6.45, 7) is 0.989. The fraction of sp³-hybridized carbons (Fsp3) is 0.286. The molecule has 0 fully saturated rings. The molecular formula is C21H23Cl2N3O4. The fourth-order valence-electron chi connectivity index (χ4n) is 2.59. The Morgan fingerprint density at radius 2 is 1.63 bits per heavy atom. The standard InChI is InChI=1S/C21H23Cl2N3O4/c1-26(13-19(27)24-8-3-9-30-2)21(29)14-4-6-18(7-5-14)25-20(28)15-10-16(22)12-17(23)11-15/h4-7,10-12H,3,8-9,13H2,1-2H3,(H,24,27)(H,25,28). The highest BCUT2D eigenvalue weighted by Gasteiger charge is 2.15. The second-order valence-corrected chi connectivity index (χ2v) is 7.42. The van der Waals surface area contributed by atoms with Crippen LogP contribution in [0, 0.1) is 0 Å². The number of hydrogen-bond donors (Lipinski definition) is 2. The summed E-state index contributed by atoms with van der Waals surface area (Å²) in [5, 5.41) is 6.17. The summed E-state index contributed by atoms with van der Waals surface area (Å²) in [6, 6.07) is 10.9. The van der Waals surface area contributed by atoms with E-state index >= 15 is 0 Å². The van der Waals surface area contributed by atoms with Crippen molar-refractivity contribution in [2.75, 3.05) is 39.2 Å². The largest absolute Gasteiger partial charge is 0.385 e. The molecule has 2 rings (SSSR count). The molecule has 0 radical (unpaired) electrons. The van der Waals surface area contributed by atoms with Crippen LogP contribution in [0.15, 0.2) is 42.5 Å². The number of benzene rings is 2. The van der Waals surface area contributed by atoms with Gasteiger partial charge < -0.3 is 20.3 Å². The Morgan fingerprint density at radius 1 is 1.00 bits per heavy atom. The number of likely N-dealkylation sites (N-methyl/N-ethyl adjacent to an activating group) is 1. The van der Waals surface area contributed by atoms with E-state index in [9.17, 15) is 14.4 Å². The van der Waals surface area contributed by atoms with E-state index in [1.54, 1.807) is 38.4 Å². The van der Waals surface area contributed by atoms with Crippen molar-refractivity contribution in [3.8, 4) is 0 Å². The summed E-state index contributed by atoms with van der Waals surface area (Å²) in [5.41, 5.74) is 1.23. The predicted molar refractivity (Wildman–Crippen MR) is 117 cm³/mol. The molecule has 0 saturated carbocycles. The Hall–Kier alpha value is -2.61. The predicted octanol–water partition coefficient (Wildman–Crippen LogP) is 3.47. The molecule has 0 unspecified atom stereocenters. The van der Waals surface area contributed by atoms with E-state index in [4.69, 9.17) is 27.9 Å². The summed E-state index contributed by atoms with van der Waals surface area (Å²) in [4.78, 5) is 38.1. The van der Waals surface area contributed by atoms with Crippen LogP contribution < -0.4 is 10.6 Å². The minimum atomic E-state index is -0.374. The third-order valence-electron chi connectivity index (χ3n) is 4.09. The second-order valence-electron chi connectivity index (χ2n) is 6.55. The van der Waals surface area contributed by atoms with Crippen LogP contribution in [0.25, 0.3) is 0 Å². The Morgan fingerprint density at radius 3 is 2.23 bits per heavy atom. The molecule has 2 aromatic carbocycles. The van der Waals surface area contributed by atoms with Crippen molar-refractivity contribution in [3.05, 3.63) is 63.6 Å². The van der Waals surface area contributed by atoms with Crippen molar-refractivity contribution in [2.45, 2.75) is 6.42 Å². The van der Waals surface area contributed by atoms with Crippen molar-refractivity contribution < 1.29 is 19.1 Å². The van der Waals surface area contributed by atoms with Gasteiger partial charge in [-0.1, -0.05) is 23.2 Å². The molecule has 3 amide bonds. The molecule has 2 aromatic rings. The number of ether oxygens (including phenoxy) is 1.